The lowest BCUT2D eigenvalue weighted by atomic mass is 10.1. The zero-order valence-corrected chi connectivity index (χ0v) is 10.7. The van der Waals surface area contributed by atoms with Crippen molar-refractivity contribution in [2.75, 3.05) is 13.6 Å². The highest BCUT2D eigenvalue weighted by Gasteiger charge is 2.07. The number of nitrogens with one attached hydrogen (secondary N) is 2. The molecule has 90 valence electrons. The number of benzene rings is 1. The van der Waals surface area contributed by atoms with Crippen LogP contribution in [0.5, 0.6) is 0 Å². The molecule has 1 aromatic heterocycles. The third-order valence-electron chi connectivity index (χ3n) is 2.89. The Morgan fingerprint density at radius 1 is 1.29 bits per heavy atom. The van der Waals surface area contributed by atoms with Gasteiger partial charge in [-0.05, 0) is 27.0 Å². The Morgan fingerprint density at radius 2 is 2.12 bits per heavy atom. The molecular formula is C14H19N3. The molecule has 0 unspecified atom stereocenters. The van der Waals surface area contributed by atoms with Crippen LogP contribution in [0.4, 0.5) is 0 Å². The van der Waals surface area contributed by atoms with Gasteiger partial charge in [0.2, 0.25) is 0 Å². The van der Waals surface area contributed by atoms with E-state index in [1.807, 2.05) is 7.05 Å². The highest BCUT2D eigenvalue weighted by molar-refractivity contribution is 5.57. The lowest BCUT2D eigenvalue weighted by Gasteiger charge is -1.98. The summed E-state index contributed by atoms with van der Waals surface area (Å²) in [4.78, 5) is 8.02. The summed E-state index contributed by atoms with van der Waals surface area (Å²) < 4.78 is 0. The Hall–Kier alpha value is -1.61. The monoisotopic (exact) mass is 229 g/mol. The van der Waals surface area contributed by atoms with Gasteiger partial charge in [0.05, 0.1) is 5.69 Å². The van der Waals surface area contributed by atoms with E-state index in [1.165, 1.54) is 5.56 Å². The van der Waals surface area contributed by atoms with Crippen molar-refractivity contribution in [3.63, 3.8) is 0 Å². The standard InChI is InChI=1S/C14H19N3/c1-10-5-4-6-12(9-10)14-16-11(2)13(17-14)7-8-15-3/h4-6,9,15H,7-8H2,1-3H3,(H,16,17). The quantitative estimate of drug-likeness (QED) is 0.845. The van der Waals surface area contributed by atoms with E-state index in [4.69, 9.17) is 0 Å². The van der Waals surface area contributed by atoms with Crippen LogP contribution >= 0.6 is 0 Å². The molecule has 0 spiro atoms. The Kier molecular flexibility index (Phi) is 3.59. The predicted octanol–water partition coefficient (Wildman–Crippen LogP) is 2.46. The zero-order valence-electron chi connectivity index (χ0n) is 10.7. The molecule has 0 saturated carbocycles. The van der Waals surface area contributed by atoms with E-state index in [-0.39, 0.29) is 0 Å². The smallest absolute Gasteiger partial charge is 0.137 e. The first kappa shape index (κ1) is 11.9. The molecule has 2 N–H and O–H groups in total. The predicted molar refractivity (Wildman–Crippen MR) is 71.1 cm³/mol. The van der Waals surface area contributed by atoms with Crippen LogP contribution in [0.1, 0.15) is 17.0 Å². The first-order chi connectivity index (χ1) is 8.20. The molecular weight excluding hydrogens is 210 g/mol. The van der Waals surface area contributed by atoms with Gasteiger partial charge in [0.1, 0.15) is 5.82 Å². The second-order valence-corrected chi connectivity index (χ2v) is 4.38. The third-order valence-corrected chi connectivity index (χ3v) is 2.89. The van der Waals surface area contributed by atoms with Crippen LogP contribution in [0.25, 0.3) is 11.4 Å². The molecule has 1 heterocycles. The number of hydrogen-bond acceptors (Lipinski definition) is 2. The van der Waals surface area contributed by atoms with Crippen molar-refractivity contribution in [2.24, 2.45) is 0 Å². The minimum atomic E-state index is 0.957. The van der Waals surface area contributed by atoms with Crippen LogP contribution < -0.4 is 5.32 Å². The molecule has 3 nitrogen and oxygen atoms in total. The van der Waals surface area contributed by atoms with Crippen molar-refractivity contribution >= 4 is 0 Å². The Morgan fingerprint density at radius 3 is 2.82 bits per heavy atom. The summed E-state index contributed by atoms with van der Waals surface area (Å²) in [6.45, 7) is 5.14. The van der Waals surface area contributed by atoms with Crippen LogP contribution in [-0.4, -0.2) is 23.6 Å². The number of aromatic nitrogens is 2. The summed E-state index contributed by atoms with van der Waals surface area (Å²) >= 11 is 0. The summed E-state index contributed by atoms with van der Waals surface area (Å²) in [5.41, 5.74) is 4.73. The molecule has 2 rings (SSSR count). The molecule has 2 aromatic rings. The summed E-state index contributed by atoms with van der Waals surface area (Å²) in [6.07, 6.45) is 0.963. The summed E-state index contributed by atoms with van der Waals surface area (Å²) in [5.74, 6) is 0.970. The average Bonchev–Trinajstić information content (AvgIpc) is 2.68. The van der Waals surface area contributed by atoms with E-state index >= 15 is 0 Å². The molecule has 0 atom stereocenters. The van der Waals surface area contributed by atoms with Crippen molar-refractivity contribution in [1.82, 2.24) is 15.3 Å². The highest BCUT2D eigenvalue weighted by Crippen LogP contribution is 2.19. The van der Waals surface area contributed by atoms with Crippen LogP contribution in [0, 0.1) is 13.8 Å². The van der Waals surface area contributed by atoms with Gasteiger partial charge >= 0.3 is 0 Å². The van der Waals surface area contributed by atoms with Gasteiger partial charge in [-0.25, -0.2) is 4.98 Å². The van der Waals surface area contributed by atoms with E-state index in [2.05, 4.69) is 53.4 Å². The van der Waals surface area contributed by atoms with Gasteiger partial charge in [0, 0.05) is 24.2 Å². The second kappa shape index (κ2) is 5.15. The van der Waals surface area contributed by atoms with Crippen LogP contribution in [-0.2, 0) is 6.42 Å². The number of nitrogens with zero attached hydrogens (tertiary/aromatic N) is 1. The zero-order chi connectivity index (χ0) is 12.3. The summed E-state index contributed by atoms with van der Waals surface area (Å²) in [6, 6.07) is 8.41. The van der Waals surface area contributed by atoms with E-state index in [9.17, 15) is 0 Å². The van der Waals surface area contributed by atoms with E-state index in [1.54, 1.807) is 0 Å². The lowest BCUT2D eigenvalue weighted by molar-refractivity contribution is 0.776. The Labute approximate surface area is 102 Å². The third kappa shape index (κ3) is 2.74. The first-order valence-corrected chi connectivity index (χ1v) is 5.98. The molecule has 0 fully saturated rings. The van der Waals surface area contributed by atoms with E-state index in [0.717, 1.165) is 35.7 Å². The second-order valence-electron chi connectivity index (χ2n) is 4.38. The Bertz CT molecular complexity index is 500. The largest absolute Gasteiger partial charge is 0.342 e. The fourth-order valence-corrected chi connectivity index (χ4v) is 1.91. The summed E-state index contributed by atoms with van der Waals surface area (Å²) in [7, 11) is 1.96. The highest BCUT2D eigenvalue weighted by atomic mass is 14.9. The molecule has 0 amide bonds. The number of imidazole rings is 1. The van der Waals surface area contributed by atoms with Gasteiger partial charge in [-0.2, -0.15) is 0 Å². The number of H-pyrrole nitrogens is 1. The molecule has 0 bridgehead atoms. The van der Waals surface area contributed by atoms with Gasteiger partial charge < -0.3 is 10.3 Å². The first-order valence-electron chi connectivity index (χ1n) is 5.98. The van der Waals surface area contributed by atoms with Gasteiger partial charge in [-0.15, -0.1) is 0 Å². The van der Waals surface area contributed by atoms with Crippen molar-refractivity contribution in [3.05, 3.63) is 41.2 Å². The minimum Gasteiger partial charge on any atom is -0.342 e. The van der Waals surface area contributed by atoms with E-state index in [0.29, 0.717) is 0 Å². The maximum atomic E-state index is 4.66. The summed E-state index contributed by atoms with van der Waals surface area (Å²) in [5, 5.41) is 3.15. The van der Waals surface area contributed by atoms with E-state index < -0.39 is 0 Å². The fraction of sp³-hybridized carbons (Fsp3) is 0.357. The van der Waals surface area contributed by atoms with Crippen molar-refractivity contribution in [3.8, 4) is 11.4 Å². The molecule has 3 heteroatoms. The minimum absolute atomic E-state index is 0.957. The number of aromatic amines is 1. The van der Waals surface area contributed by atoms with Gasteiger partial charge in [-0.1, -0.05) is 23.8 Å². The van der Waals surface area contributed by atoms with Crippen molar-refractivity contribution in [1.29, 1.82) is 0 Å². The molecule has 0 aliphatic carbocycles. The maximum Gasteiger partial charge on any atom is 0.137 e. The van der Waals surface area contributed by atoms with Crippen molar-refractivity contribution < 1.29 is 0 Å². The fourth-order valence-electron chi connectivity index (χ4n) is 1.91. The number of aryl methyl sites for hydroxylation is 2. The Balaban J connectivity index is 2.28. The van der Waals surface area contributed by atoms with Crippen molar-refractivity contribution in [2.45, 2.75) is 20.3 Å². The molecule has 0 aliphatic heterocycles. The molecule has 17 heavy (non-hydrogen) atoms. The number of hydrogen-bond donors (Lipinski definition) is 2. The SMILES string of the molecule is CNCCc1nc(-c2cccc(C)c2)[nH]c1C. The normalized spacial score (nSPS) is 10.8. The lowest BCUT2D eigenvalue weighted by Crippen LogP contribution is -2.11. The number of likely N-dealkylation sites (N-methyl/N-ethyl adjacent to an activating group) is 1. The molecule has 0 aliphatic rings. The van der Waals surface area contributed by atoms with Gasteiger partial charge in [-0.3, -0.25) is 0 Å². The number of rotatable bonds is 4. The maximum absolute atomic E-state index is 4.66. The van der Waals surface area contributed by atoms with Crippen LogP contribution in [0.15, 0.2) is 24.3 Å². The van der Waals surface area contributed by atoms with Crippen LogP contribution in [0.3, 0.4) is 0 Å². The van der Waals surface area contributed by atoms with Gasteiger partial charge in [0.25, 0.3) is 0 Å². The molecule has 0 radical (unpaired) electrons. The van der Waals surface area contributed by atoms with Crippen LogP contribution in [0.2, 0.25) is 0 Å². The van der Waals surface area contributed by atoms with Gasteiger partial charge in [0.15, 0.2) is 0 Å². The topological polar surface area (TPSA) is 40.7 Å². The molecule has 0 saturated heterocycles. The average molecular weight is 229 g/mol. The molecule has 1 aromatic carbocycles.